The lowest BCUT2D eigenvalue weighted by Gasteiger charge is -1.96. The Balaban J connectivity index is 3.87. The van der Waals surface area contributed by atoms with Crippen molar-refractivity contribution in [3.8, 4) is 6.07 Å². The maximum Gasteiger partial charge on any atom is 0.504 e. The van der Waals surface area contributed by atoms with E-state index in [0.29, 0.717) is 6.41 Å². The summed E-state index contributed by atoms with van der Waals surface area (Å²) in [6.07, 6.45) is 0.491. The van der Waals surface area contributed by atoms with Crippen molar-refractivity contribution in [3.05, 3.63) is 4.85 Å². The summed E-state index contributed by atoms with van der Waals surface area (Å²) in [4.78, 5) is 12.9. The van der Waals surface area contributed by atoms with E-state index in [2.05, 4.69) is 10.9 Å². The van der Waals surface area contributed by atoms with Gasteiger partial charge in [-0.3, -0.25) is 0 Å². The van der Waals surface area contributed by atoms with Crippen molar-refractivity contribution in [1.82, 2.24) is 0 Å². The third kappa shape index (κ3) is 5.16. The van der Waals surface area contributed by atoms with Gasteiger partial charge in [0.15, 0.2) is 0 Å². The van der Waals surface area contributed by atoms with Gasteiger partial charge in [0.05, 0.1) is 5.41 Å². The summed E-state index contributed by atoms with van der Waals surface area (Å²) in [5.41, 5.74) is -0.0963. The summed E-state index contributed by atoms with van der Waals surface area (Å²) in [6, 6.07) is 2.63. The monoisotopic (exact) mass is 112 g/mol. The van der Waals surface area contributed by atoms with Crippen LogP contribution in [0.1, 0.15) is 20.8 Å². The fourth-order valence-corrected chi connectivity index (χ4v) is 0.220. The SMILES string of the molecule is CC(C)(C)C#[N+]C=O. The predicted octanol–water partition coefficient (Wildman–Crippen LogP) is 1.52. The Kier molecular flexibility index (Phi) is 2.20. The fraction of sp³-hybridized carbons (Fsp3) is 0.667. The number of rotatable bonds is 0. The van der Waals surface area contributed by atoms with E-state index in [4.69, 9.17) is 0 Å². The minimum atomic E-state index is -0.0963. The number of carbonyl (C=O) groups is 1. The van der Waals surface area contributed by atoms with Gasteiger partial charge in [-0.05, 0) is 20.8 Å². The molecular weight excluding hydrogens is 102 g/mol. The van der Waals surface area contributed by atoms with Crippen molar-refractivity contribution >= 4 is 6.41 Å². The third-order valence-electron chi connectivity index (χ3n) is 0.453. The molecule has 44 valence electrons. The van der Waals surface area contributed by atoms with E-state index >= 15 is 0 Å². The van der Waals surface area contributed by atoms with Crippen LogP contribution in [-0.2, 0) is 4.79 Å². The van der Waals surface area contributed by atoms with Crippen molar-refractivity contribution in [2.75, 3.05) is 0 Å². The minimum Gasteiger partial charge on any atom is -0.203 e. The van der Waals surface area contributed by atoms with Gasteiger partial charge in [0.25, 0.3) is 6.07 Å². The zero-order valence-corrected chi connectivity index (χ0v) is 5.43. The molecule has 0 aromatic heterocycles. The van der Waals surface area contributed by atoms with E-state index in [1.807, 2.05) is 20.8 Å². The van der Waals surface area contributed by atoms with Gasteiger partial charge in [0.2, 0.25) is 0 Å². The molecule has 0 aromatic rings. The van der Waals surface area contributed by atoms with Crippen molar-refractivity contribution in [1.29, 1.82) is 0 Å². The Morgan fingerprint density at radius 3 is 2.12 bits per heavy atom. The Hall–Kier alpha value is -0.840. The quantitative estimate of drug-likeness (QED) is 0.435. The fourth-order valence-electron chi connectivity index (χ4n) is 0.220. The molecule has 0 N–H and O–H groups in total. The number of nitrogens with zero attached hydrogens (tertiary/aromatic N) is 1. The van der Waals surface area contributed by atoms with Crippen LogP contribution in [0.5, 0.6) is 0 Å². The second kappa shape index (κ2) is 2.46. The van der Waals surface area contributed by atoms with Gasteiger partial charge in [0, 0.05) is 4.85 Å². The molecule has 0 aromatic carbocycles. The van der Waals surface area contributed by atoms with E-state index in [1.54, 1.807) is 0 Å². The number of carbonyl (C=O) groups excluding carboxylic acids is 1. The molecule has 0 fully saturated rings. The summed E-state index contributed by atoms with van der Waals surface area (Å²) in [5.74, 6) is 0. The largest absolute Gasteiger partial charge is 0.504 e. The van der Waals surface area contributed by atoms with Gasteiger partial charge < -0.3 is 0 Å². The molecule has 2 heteroatoms. The summed E-state index contributed by atoms with van der Waals surface area (Å²) in [7, 11) is 0. The van der Waals surface area contributed by atoms with Crippen LogP contribution in [0, 0.1) is 11.5 Å². The first kappa shape index (κ1) is 7.16. The first-order chi connectivity index (χ1) is 3.56. The third-order valence-corrected chi connectivity index (χ3v) is 0.453. The summed E-state index contributed by atoms with van der Waals surface area (Å²) >= 11 is 0. The van der Waals surface area contributed by atoms with E-state index in [-0.39, 0.29) is 5.41 Å². The molecule has 0 atom stereocenters. The van der Waals surface area contributed by atoms with Crippen molar-refractivity contribution in [2.45, 2.75) is 20.8 Å². The van der Waals surface area contributed by atoms with Crippen LogP contribution in [0.15, 0.2) is 0 Å². The average molecular weight is 112 g/mol. The van der Waals surface area contributed by atoms with E-state index in [9.17, 15) is 4.79 Å². The Morgan fingerprint density at radius 2 is 2.00 bits per heavy atom. The molecule has 2 nitrogen and oxygen atoms in total. The maximum absolute atomic E-state index is 9.62. The van der Waals surface area contributed by atoms with Gasteiger partial charge in [-0.15, -0.1) is 0 Å². The lowest BCUT2D eigenvalue weighted by molar-refractivity contribution is -0.104. The molecule has 0 radical (unpaired) electrons. The predicted molar refractivity (Wildman–Crippen MR) is 32.8 cm³/mol. The highest BCUT2D eigenvalue weighted by atomic mass is 16.1. The molecule has 0 rings (SSSR count). The Morgan fingerprint density at radius 1 is 1.50 bits per heavy atom. The minimum absolute atomic E-state index is 0.0963. The lowest BCUT2D eigenvalue weighted by Crippen LogP contribution is -1.98. The highest BCUT2D eigenvalue weighted by Crippen LogP contribution is 2.09. The molecular formula is C6H10NO+. The van der Waals surface area contributed by atoms with Gasteiger partial charge in [-0.1, -0.05) is 0 Å². The summed E-state index contributed by atoms with van der Waals surface area (Å²) in [5, 5.41) is 0. The van der Waals surface area contributed by atoms with Crippen molar-refractivity contribution in [2.24, 2.45) is 5.41 Å². The van der Waals surface area contributed by atoms with Gasteiger partial charge in [0.1, 0.15) is 0 Å². The van der Waals surface area contributed by atoms with Crippen LogP contribution in [0.3, 0.4) is 0 Å². The molecule has 0 aliphatic rings. The number of hydrogen-bond acceptors (Lipinski definition) is 1. The molecule has 0 aliphatic heterocycles. The molecule has 0 spiro atoms. The highest BCUT2D eigenvalue weighted by Gasteiger charge is 2.12. The number of amides is 1. The Labute approximate surface area is 49.3 Å². The Bertz CT molecular complexity index is 133. The number of hydrogen-bond donors (Lipinski definition) is 0. The molecule has 0 bridgehead atoms. The van der Waals surface area contributed by atoms with Crippen LogP contribution < -0.4 is 0 Å². The average Bonchev–Trinajstić information content (AvgIpc) is 1.59. The highest BCUT2D eigenvalue weighted by molar-refractivity contribution is 5.60. The smallest absolute Gasteiger partial charge is 0.203 e. The van der Waals surface area contributed by atoms with Gasteiger partial charge >= 0.3 is 6.41 Å². The van der Waals surface area contributed by atoms with Crippen LogP contribution in [0.25, 0.3) is 4.85 Å². The molecule has 0 saturated carbocycles. The molecule has 0 heterocycles. The van der Waals surface area contributed by atoms with Crippen LogP contribution in [-0.4, -0.2) is 6.41 Å². The second-order valence-corrected chi connectivity index (χ2v) is 2.60. The van der Waals surface area contributed by atoms with E-state index in [1.165, 1.54) is 0 Å². The zero-order chi connectivity index (χ0) is 6.62. The lowest BCUT2D eigenvalue weighted by atomic mass is 10.0. The summed E-state index contributed by atoms with van der Waals surface area (Å²) in [6.45, 7) is 5.79. The molecule has 0 unspecified atom stereocenters. The van der Waals surface area contributed by atoms with Gasteiger partial charge in [-0.25, -0.2) is 4.79 Å². The van der Waals surface area contributed by atoms with Gasteiger partial charge in [-0.2, -0.15) is 0 Å². The van der Waals surface area contributed by atoms with Crippen molar-refractivity contribution < 1.29 is 4.79 Å². The van der Waals surface area contributed by atoms with E-state index < -0.39 is 0 Å². The zero-order valence-electron chi connectivity index (χ0n) is 5.43. The van der Waals surface area contributed by atoms with Crippen LogP contribution in [0.2, 0.25) is 0 Å². The topological polar surface area (TPSA) is 21.4 Å². The summed E-state index contributed by atoms with van der Waals surface area (Å²) < 4.78 is 0. The molecule has 0 saturated heterocycles. The first-order valence-electron chi connectivity index (χ1n) is 2.47. The maximum atomic E-state index is 9.62. The molecule has 1 amide bonds. The van der Waals surface area contributed by atoms with E-state index in [0.717, 1.165) is 0 Å². The normalized spacial score (nSPS) is 9.38. The van der Waals surface area contributed by atoms with Crippen LogP contribution >= 0.6 is 0 Å². The van der Waals surface area contributed by atoms with Crippen molar-refractivity contribution in [3.63, 3.8) is 0 Å². The second-order valence-electron chi connectivity index (χ2n) is 2.60. The van der Waals surface area contributed by atoms with Crippen LogP contribution in [0.4, 0.5) is 0 Å². The molecule has 0 aliphatic carbocycles. The molecule has 8 heavy (non-hydrogen) atoms. The first-order valence-corrected chi connectivity index (χ1v) is 2.47. The standard InChI is InChI=1S/C6H10NO/c1-6(2,3)4-7-5-8/h5H,1-3H3/q+1.